The smallest absolute Gasteiger partial charge is 0.410 e. The maximum Gasteiger partial charge on any atom is 0.410 e. The predicted molar refractivity (Wildman–Crippen MR) is 283 cm³/mol. The second kappa shape index (κ2) is 26.3. The third kappa shape index (κ3) is 18.0. The zero-order valence-electron chi connectivity index (χ0n) is 43.4. The van der Waals surface area contributed by atoms with Gasteiger partial charge in [-0.2, -0.15) is 0 Å². The van der Waals surface area contributed by atoms with E-state index >= 15 is 0 Å². The molecule has 5 amide bonds. The number of ether oxygens (including phenoxy) is 6. The van der Waals surface area contributed by atoms with Crippen molar-refractivity contribution in [3.8, 4) is 23.0 Å². The zero-order valence-corrected chi connectivity index (χ0v) is 45.9. The summed E-state index contributed by atoms with van der Waals surface area (Å²) >= 11 is 2.37. The lowest BCUT2D eigenvalue weighted by atomic mass is 10.0. The molecule has 4 aromatic rings. The van der Waals surface area contributed by atoms with E-state index in [-0.39, 0.29) is 84.1 Å². The largest absolute Gasteiger partial charge is 0.483 e. The van der Waals surface area contributed by atoms with Gasteiger partial charge in [-0.05, 0) is 105 Å². The summed E-state index contributed by atoms with van der Waals surface area (Å²) in [6.45, 7) is 20.9. The SMILES string of the molecule is CC(C)(C)OC(=O)N1CCC(CNC(=O)c2csc(NC(=O)COc3cccc4c3OC(C)(C)C4)n2)C1.CC1(C)Cc2cccc(OCC(=O)Nc3nc(C(=O)NCC4CCNC4)cs3)c2O1.CCOC(C)=O.Cl. The fraction of sp³-hybridized carbons (Fsp3) is 0.529. The van der Waals surface area contributed by atoms with Gasteiger partial charge in [0, 0.05) is 67.8 Å². The molecule has 4 aliphatic rings. The minimum absolute atomic E-state index is 0. The molecule has 0 saturated carbocycles. The summed E-state index contributed by atoms with van der Waals surface area (Å²) in [7, 11) is 0. The lowest BCUT2D eigenvalue weighted by Gasteiger charge is -2.24. The molecule has 2 aromatic carbocycles. The van der Waals surface area contributed by atoms with E-state index < -0.39 is 5.60 Å². The van der Waals surface area contributed by atoms with E-state index in [1.807, 2.05) is 72.7 Å². The first kappa shape index (κ1) is 58.7. The highest BCUT2D eigenvalue weighted by atomic mass is 35.5. The third-order valence-corrected chi connectivity index (χ3v) is 12.9. The Morgan fingerprint density at radius 1 is 0.770 bits per heavy atom. The van der Waals surface area contributed by atoms with Crippen LogP contribution in [0.4, 0.5) is 15.1 Å². The summed E-state index contributed by atoms with van der Waals surface area (Å²) < 4.78 is 33.1. The highest BCUT2D eigenvalue weighted by Crippen LogP contribution is 2.43. The van der Waals surface area contributed by atoms with Gasteiger partial charge in [0.1, 0.15) is 28.2 Å². The Kier molecular flexibility index (Phi) is 20.9. The number of hydrogen-bond acceptors (Lipinski definition) is 17. The lowest BCUT2D eigenvalue weighted by molar-refractivity contribution is -0.140. The number of thiazole rings is 2. The van der Waals surface area contributed by atoms with Crippen LogP contribution in [0.3, 0.4) is 0 Å². The van der Waals surface area contributed by atoms with Crippen LogP contribution >= 0.6 is 35.1 Å². The molecule has 2 aromatic heterocycles. The molecule has 6 heterocycles. The molecule has 2 unspecified atom stereocenters. The van der Waals surface area contributed by atoms with Crippen molar-refractivity contribution in [2.75, 3.05) is 69.7 Å². The van der Waals surface area contributed by atoms with Crippen LogP contribution in [0.25, 0.3) is 0 Å². The zero-order chi connectivity index (χ0) is 52.9. The number of amides is 5. The molecule has 20 nitrogen and oxygen atoms in total. The lowest BCUT2D eigenvalue weighted by Crippen LogP contribution is -2.36. The topological polar surface area (TPSA) is 247 Å². The molecule has 0 radical (unpaired) electrons. The molecular weight excluding hydrogens is 1020 g/mol. The second-order valence-electron chi connectivity index (χ2n) is 20.1. The average Bonchev–Trinajstić information content (AvgIpc) is 4.18. The van der Waals surface area contributed by atoms with E-state index in [2.05, 4.69) is 41.3 Å². The first-order valence-corrected chi connectivity index (χ1v) is 26.1. The summed E-state index contributed by atoms with van der Waals surface area (Å²) in [6, 6.07) is 11.3. The standard InChI is InChI=1S/C26H34N4O6S.C21H26N4O4S.C4H8O2.ClH/c1-25(2,3)36-24(33)30-10-9-16(13-30)12-27-22(32)18-15-37-23(28-18)29-20(31)14-34-19-8-6-7-17-11-26(4,5)35-21(17)19;1-21(2)8-14-4-3-5-16(18(14)29-21)28-11-17(26)25-20-24-15(12-30-20)19(27)23-10-13-6-7-22-9-13;1-3-6-4(2)5;/h6-8,15-16H,9-14H2,1-5H3,(H,27,32)(H,28,29,31);3-5,12-13,22H,6-11H2,1-2H3,(H,23,27)(H,24,25,26);3H2,1-2H3;1H. The van der Waals surface area contributed by atoms with Gasteiger partial charge in [-0.25, -0.2) is 14.8 Å². The summed E-state index contributed by atoms with van der Waals surface area (Å²) in [5.74, 6) is 1.54. The van der Waals surface area contributed by atoms with Crippen LogP contribution in [0.2, 0.25) is 0 Å². The van der Waals surface area contributed by atoms with Crippen molar-refractivity contribution in [3.05, 3.63) is 69.7 Å². The van der Waals surface area contributed by atoms with Gasteiger partial charge < -0.3 is 49.3 Å². The van der Waals surface area contributed by atoms with Crippen molar-refractivity contribution in [1.82, 2.24) is 30.8 Å². The first-order chi connectivity index (χ1) is 34.5. The number of para-hydroxylation sites is 2. The molecule has 404 valence electrons. The Bertz CT molecular complexity index is 2590. The number of nitrogens with zero attached hydrogens (tertiary/aromatic N) is 3. The molecule has 2 fully saturated rings. The Morgan fingerprint density at radius 3 is 1.70 bits per heavy atom. The molecule has 23 heteroatoms. The van der Waals surface area contributed by atoms with Gasteiger partial charge in [-0.1, -0.05) is 24.3 Å². The van der Waals surface area contributed by atoms with Crippen LogP contribution in [-0.4, -0.2) is 126 Å². The van der Waals surface area contributed by atoms with Gasteiger partial charge in [0.25, 0.3) is 23.6 Å². The van der Waals surface area contributed by atoms with Crippen LogP contribution in [-0.2, 0) is 36.7 Å². The fourth-order valence-electron chi connectivity index (χ4n) is 8.11. The number of likely N-dealkylation sites (tertiary alicyclic amines) is 1. The van der Waals surface area contributed by atoms with Crippen molar-refractivity contribution < 1.29 is 57.2 Å². The maximum atomic E-state index is 12.6. The number of rotatable bonds is 15. The number of benzene rings is 2. The molecule has 0 bridgehead atoms. The minimum atomic E-state index is -0.541. The number of aromatic nitrogens is 2. The molecular formula is C51H69ClN8O12S2. The summed E-state index contributed by atoms with van der Waals surface area (Å²) in [4.78, 5) is 81.6. The molecule has 2 saturated heterocycles. The highest BCUT2D eigenvalue weighted by Gasteiger charge is 2.34. The number of fused-ring (bicyclic) bond motifs is 2. The Balaban J connectivity index is 0.000000248. The number of hydrogen-bond donors (Lipinski definition) is 5. The number of esters is 1. The van der Waals surface area contributed by atoms with Crippen molar-refractivity contribution >= 4 is 81.0 Å². The number of anilines is 2. The quantitative estimate of drug-likeness (QED) is 0.0748. The average molecular weight is 1090 g/mol. The van der Waals surface area contributed by atoms with Gasteiger partial charge in [0.15, 0.2) is 46.5 Å². The van der Waals surface area contributed by atoms with E-state index in [1.165, 1.54) is 18.3 Å². The van der Waals surface area contributed by atoms with E-state index in [4.69, 9.17) is 23.7 Å². The molecule has 8 rings (SSSR count). The molecule has 0 aliphatic carbocycles. The van der Waals surface area contributed by atoms with E-state index in [9.17, 15) is 28.8 Å². The summed E-state index contributed by atoms with van der Waals surface area (Å²) in [6.07, 6.45) is 3.08. The van der Waals surface area contributed by atoms with E-state index in [0.29, 0.717) is 77.7 Å². The monoisotopic (exact) mass is 1080 g/mol. The molecule has 5 N–H and O–H groups in total. The molecule has 74 heavy (non-hydrogen) atoms. The van der Waals surface area contributed by atoms with Gasteiger partial charge in [0.2, 0.25) is 0 Å². The number of halogens is 1. The van der Waals surface area contributed by atoms with Crippen molar-refractivity contribution in [2.24, 2.45) is 11.8 Å². The molecule has 0 spiro atoms. The van der Waals surface area contributed by atoms with Crippen molar-refractivity contribution in [2.45, 2.75) is 105 Å². The Labute approximate surface area is 446 Å². The van der Waals surface area contributed by atoms with Crippen molar-refractivity contribution in [3.63, 3.8) is 0 Å². The van der Waals surface area contributed by atoms with Crippen LogP contribution in [0.15, 0.2) is 47.2 Å². The van der Waals surface area contributed by atoms with E-state index in [1.54, 1.807) is 34.7 Å². The third-order valence-electron chi connectivity index (χ3n) is 11.3. The van der Waals surface area contributed by atoms with Crippen LogP contribution in [0.5, 0.6) is 23.0 Å². The van der Waals surface area contributed by atoms with Crippen LogP contribution in [0.1, 0.15) is 107 Å². The minimum Gasteiger partial charge on any atom is -0.483 e. The maximum absolute atomic E-state index is 12.6. The highest BCUT2D eigenvalue weighted by molar-refractivity contribution is 7.14. The summed E-state index contributed by atoms with van der Waals surface area (Å²) in [5.41, 5.74) is 1.52. The normalized spacial score (nSPS) is 17.4. The van der Waals surface area contributed by atoms with Gasteiger partial charge in [0.05, 0.1) is 6.61 Å². The first-order valence-electron chi connectivity index (χ1n) is 24.3. The Morgan fingerprint density at radius 2 is 1.27 bits per heavy atom. The summed E-state index contributed by atoms with van der Waals surface area (Å²) in [5, 5.41) is 18.3. The number of carbonyl (C=O) groups is 6. The van der Waals surface area contributed by atoms with Crippen LogP contribution in [0, 0.1) is 11.8 Å². The fourth-order valence-corrected chi connectivity index (χ4v) is 9.52. The number of nitrogens with one attached hydrogen (secondary N) is 5. The van der Waals surface area contributed by atoms with Crippen molar-refractivity contribution in [1.29, 1.82) is 0 Å². The number of carbonyl (C=O) groups excluding carboxylic acids is 6. The second-order valence-corrected chi connectivity index (χ2v) is 21.8. The van der Waals surface area contributed by atoms with Crippen LogP contribution < -0.4 is 45.5 Å². The predicted octanol–water partition coefficient (Wildman–Crippen LogP) is 7.07. The van der Waals surface area contributed by atoms with E-state index in [0.717, 1.165) is 61.2 Å². The van der Waals surface area contributed by atoms with Gasteiger partial charge in [-0.15, -0.1) is 35.1 Å². The van der Waals surface area contributed by atoms with Gasteiger partial charge >= 0.3 is 12.1 Å². The molecule has 4 aliphatic heterocycles. The molecule has 2 atom stereocenters. The Hall–Kier alpha value is -6.23. The van der Waals surface area contributed by atoms with Gasteiger partial charge in [-0.3, -0.25) is 34.6 Å².